The van der Waals surface area contributed by atoms with E-state index < -0.39 is 0 Å². The summed E-state index contributed by atoms with van der Waals surface area (Å²) in [6, 6.07) is 5.24. The Balaban J connectivity index is 1.81. The van der Waals surface area contributed by atoms with Crippen molar-refractivity contribution in [3.8, 4) is 11.4 Å². The molecule has 0 saturated carbocycles. The average Bonchev–Trinajstić information content (AvgIpc) is 2.98. The standard InChI is InChI=1S/C16H12Cl2N8/c1-7-2-8(17)12(9(18)3-7)14-25-13-15(22-6-23-16(13)26-14)24-11-4-10(19)20-5-21-11/h2-6H,1H3,(H4,19,20,21,22,23,24,25,26). The van der Waals surface area contributed by atoms with Crippen molar-refractivity contribution in [2.24, 2.45) is 0 Å². The second-order valence-electron chi connectivity index (χ2n) is 5.56. The molecule has 1 aromatic carbocycles. The highest BCUT2D eigenvalue weighted by Crippen LogP contribution is 2.35. The zero-order valence-corrected chi connectivity index (χ0v) is 15.0. The topological polar surface area (TPSA) is 118 Å². The third kappa shape index (κ3) is 3.00. The molecule has 130 valence electrons. The zero-order valence-electron chi connectivity index (χ0n) is 13.5. The monoisotopic (exact) mass is 386 g/mol. The Labute approximate surface area is 157 Å². The number of nitrogens with two attached hydrogens (primary N) is 1. The van der Waals surface area contributed by atoms with Crippen LogP contribution in [-0.2, 0) is 0 Å². The van der Waals surface area contributed by atoms with Gasteiger partial charge in [-0.05, 0) is 24.6 Å². The van der Waals surface area contributed by atoms with E-state index in [4.69, 9.17) is 28.9 Å². The van der Waals surface area contributed by atoms with Crippen LogP contribution in [0.4, 0.5) is 17.5 Å². The van der Waals surface area contributed by atoms with Gasteiger partial charge in [-0.15, -0.1) is 0 Å². The predicted molar refractivity (Wildman–Crippen MR) is 102 cm³/mol. The number of rotatable bonds is 3. The molecule has 0 atom stereocenters. The molecule has 0 aliphatic rings. The van der Waals surface area contributed by atoms with Crippen LogP contribution in [0.3, 0.4) is 0 Å². The number of nitrogens with one attached hydrogen (secondary N) is 2. The van der Waals surface area contributed by atoms with Gasteiger partial charge >= 0.3 is 0 Å². The summed E-state index contributed by atoms with van der Waals surface area (Å²) in [6.07, 6.45) is 2.76. The van der Waals surface area contributed by atoms with E-state index in [-0.39, 0.29) is 0 Å². The number of fused-ring (bicyclic) bond motifs is 1. The Morgan fingerprint density at radius 2 is 1.73 bits per heavy atom. The molecule has 3 heterocycles. The Kier molecular flexibility index (Phi) is 4.06. The first-order valence-electron chi connectivity index (χ1n) is 7.52. The van der Waals surface area contributed by atoms with Crippen molar-refractivity contribution < 1.29 is 0 Å². The first-order chi connectivity index (χ1) is 12.5. The first kappa shape index (κ1) is 16.5. The van der Waals surface area contributed by atoms with E-state index in [1.807, 2.05) is 19.1 Å². The van der Waals surface area contributed by atoms with E-state index >= 15 is 0 Å². The number of H-pyrrole nitrogens is 1. The molecule has 10 heteroatoms. The van der Waals surface area contributed by atoms with Crippen LogP contribution in [-0.4, -0.2) is 29.9 Å². The number of hydrogen-bond acceptors (Lipinski definition) is 7. The van der Waals surface area contributed by atoms with Gasteiger partial charge in [0.15, 0.2) is 11.5 Å². The van der Waals surface area contributed by atoms with Gasteiger partial charge in [0.1, 0.15) is 35.6 Å². The van der Waals surface area contributed by atoms with Crippen LogP contribution in [0.15, 0.2) is 30.9 Å². The maximum Gasteiger partial charge on any atom is 0.183 e. The van der Waals surface area contributed by atoms with Crippen molar-refractivity contribution in [3.05, 3.63) is 46.5 Å². The first-order valence-corrected chi connectivity index (χ1v) is 8.28. The van der Waals surface area contributed by atoms with E-state index in [2.05, 4.69) is 35.2 Å². The molecular weight excluding hydrogens is 375 g/mol. The molecule has 0 amide bonds. The Bertz CT molecular complexity index is 1100. The number of anilines is 3. The number of nitrogen functional groups attached to an aromatic ring is 1. The minimum Gasteiger partial charge on any atom is -0.384 e. The Morgan fingerprint density at radius 1 is 1.00 bits per heavy atom. The van der Waals surface area contributed by atoms with Gasteiger partial charge in [-0.3, -0.25) is 0 Å². The highest BCUT2D eigenvalue weighted by atomic mass is 35.5. The van der Waals surface area contributed by atoms with E-state index in [1.54, 1.807) is 6.07 Å². The minimum atomic E-state index is 0.344. The van der Waals surface area contributed by atoms with Crippen LogP contribution in [0.5, 0.6) is 0 Å². The number of aromatic amines is 1. The molecule has 8 nitrogen and oxygen atoms in total. The SMILES string of the molecule is Cc1cc(Cl)c(-c2nc3ncnc(Nc4cc(N)ncn4)c3[nH]2)c(Cl)c1. The van der Waals surface area contributed by atoms with Gasteiger partial charge in [-0.2, -0.15) is 0 Å². The lowest BCUT2D eigenvalue weighted by Gasteiger charge is -2.06. The lowest BCUT2D eigenvalue weighted by molar-refractivity contribution is 1.15. The fourth-order valence-corrected chi connectivity index (χ4v) is 3.30. The number of aromatic nitrogens is 6. The van der Waals surface area contributed by atoms with Gasteiger partial charge in [-0.1, -0.05) is 23.2 Å². The number of halogens is 2. The minimum absolute atomic E-state index is 0.344. The smallest absolute Gasteiger partial charge is 0.183 e. The number of benzene rings is 1. The third-order valence-corrected chi connectivity index (χ3v) is 4.24. The molecule has 0 fully saturated rings. The molecule has 0 saturated heterocycles. The maximum absolute atomic E-state index is 6.36. The lowest BCUT2D eigenvalue weighted by atomic mass is 10.1. The van der Waals surface area contributed by atoms with Crippen molar-refractivity contribution in [1.82, 2.24) is 29.9 Å². The highest BCUT2D eigenvalue weighted by molar-refractivity contribution is 6.39. The van der Waals surface area contributed by atoms with Gasteiger partial charge in [0, 0.05) is 6.07 Å². The second kappa shape index (κ2) is 6.40. The zero-order chi connectivity index (χ0) is 18.3. The number of imidazole rings is 1. The average molecular weight is 387 g/mol. The molecule has 0 aliphatic heterocycles. The van der Waals surface area contributed by atoms with Crippen LogP contribution in [0.25, 0.3) is 22.6 Å². The normalized spacial score (nSPS) is 11.0. The van der Waals surface area contributed by atoms with E-state index in [9.17, 15) is 0 Å². The summed E-state index contributed by atoms with van der Waals surface area (Å²) in [5.41, 5.74) is 8.30. The summed E-state index contributed by atoms with van der Waals surface area (Å²) in [5.74, 6) is 1.84. The summed E-state index contributed by atoms with van der Waals surface area (Å²) in [6.45, 7) is 1.92. The summed E-state index contributed by atoms with van der Waals surface area (Å²) in [5, 5.41) is 4.07. The van der Waals surface area contributed by atoms with Gasteiger partial charge < -0.3 is 16.0 Å². The molecule has 4 aromatic rings. The van der Waals surface area contributed by atoms with E-state index in [1.165, 1.54) is 12.7 Å². The van der Waals surface area contributed by atoms with Crippen LogP contribution < -0.4 is 11.1 Å². The van der Waals surface area contributed by atoms with Crippen molar-refractivity contribution in [3.63, 3.8) is 0 Å². The molecule has 0 unspecified atom stereocenters. The van der Waals surface area contributed by atoms with Crippen molar-refractivity contribution in [1.29, 1.82) is 0 Å². The molecule has 0 bridgehead atoms. The summed E-state index contributed by atoms with van der Waals surface area (Å²) < 4.78 is 0. The van der Waals surface area contributed by atoms with Gasteiger partial charge in [-0.25, -0.2) is 24.9 Å². The maximum atomic E-state index is 6.36. The van der Waals surface area contributed by atoms with E-state index in [0.717, 1.165) is 5.56 Å². The summed E-state index contributed by atoms with van der Waals surface area (Å²) in [4.78, 5) is 24.0. The van der Waals surface area contributed by atoms with E-state index in [0.29, 0.717) is 50.1 Å². The molecule has 0 radical (unpaired) electrons. The fourth-order valence-electron chi connectivity index (χ4n) is 2.53. The Morgan fingerprint density at radius 3 is 2.46 bits per heavy atom. The summed E-state index contributed by atoms with van der Waals surface area (Å²) >= 11 is 12.7. The lowest BCUT2D eigenvalue weighted by Crippen LogP contribution is -2.00. The van der Waals surface area contributed by atoms with Crippen LogP contribution in [0, 0.1) is 6.92 Å². The number of nitrogens with zero attached hydrogens (tertiary/aromatic N) is 5. The molecule has 0 spiro atoms. The van der Waals surface area contributed by atoms with Gasteiger partial charge in [0.25, 0.3) is 0 Å². The molecule has 0 aliphatic carbocycles. The number of aryl methyl sites for hydroxylation is 1. The second-order valence-corrected chi connectivity index (χ2v) is 6.38. The summed E-state index contributed by atoms with van der Waals surface area (Å²) in [7, 11) is 0. The largest absolute Gasteiger partial charge is 0.384 e. The molecule has 4 rings (SSSR count). The molecular formula is C16H12Cl2N8. The molecule has 4 N–H and O–H groups in total. The Hall–Kier alpha value is -2.97. The van der Waals surface area contributed by atoms with Crippen LogP contribution >= 0.6 is 23.2 Å². The van der Waals surface area contributed by atoms with Gasteiger partial charge in [0.05, 0.1) is 15.6 Å². The van der Waals surface area contributed by atoms with Crippen molar-refractivity contribution >= 4 is 51.8 Å². The fraction of sp³-hybridized carbons (Fsp3) is 0.0625. The molecule has 3 aromatic heterocycles. The van der Waals surface area contributed by atoms with Crippen molar-refractivity contribution in [2.75, 3.05) is 11.1 Å². The predicted octanol–water partition coefficient (Wildman–Crippen LogP) is 3.75. The van der Waals surface area contributed by atoms with Gasteiger partial charge in [0.2, 0.25) is 0 Å². The number of hydrogen-bond donors (Lipinski definition) is 3. The molecule has 26 heavy (non-hydrogen) atoms. The quantitative estimate of drug-likeness (QED) is 0.490. The third-order valence-electron chi connectivity index (χ3n) is 3.65. The van der Waals surface area contributed by atoms with Crippen molar-refractivity contribution in [2.45, 2.75) is 6.92 Å². The van der Waals surface area contributed by atoms with Crippen LogP contribution in [0.1, 0.15) is 5.56 Å². The van der Waals surface area contributed by atoms with Crippen LogP contribution in [0.2, 0.25) is 10.0 Å². The highest BCUT2D eigenvalue weighted by Gasteiger charge is 2.16.